The zero-order valence-corrected chi connectivity index (χ0v) is 11.6. The fourth-order valence-electron chi connectivity index (χ4n) is 0.106. The van der Waals surface area contributed by atoms with Crippen LogP contribution in [0.5, 0.6) is 0 Å². The molecule has 0 saturated carbocycles. The Morgan fingerprint density at radius 2 is 1.20 bits per heavy atom. The predicted octanol–water partition coefficient (Wildman–Crippen LogP) is -4.66. The Labute approximate surface area is 118 Å². The maximum atomic E-state index is 8.05. The topological polar surface area (TPSA) is 47.6 Å². The molecular weight excluding hydrogens is 186 g/mol. The third-order valence-corrected chi connectivity index (χ3v) is 1.26. The first-order valence-corrected chi connectivity index (χ1v) is 2.54. The number of rotatable bonds is 0. The van der Waals surface area contributed by atoms with Crippen LogP contribution in [0.4, 0.5) is 0 Å². The molecule has 0 unspecified atom stereocenters. The van der Waals surface area contributed by atoms with Crippen molar-refractivity contribution in [2.45, 2.75) is 0 Å². The van der Waals surface area contributed by atoms with Gasteiger partial charge >= 0.3 is 59.1 Å². The molecule has 0 aromatic heterocycles. The Morgan fingerprint density at radius 3 is 1.30 bits per heavy atom. The fourth-order valence-corrected chi connectivity index (χ4v) is 0.206. The summed E-state index contributed by atoms with van der Waals surface area (Å²) in [7, 11) is 0. The smallest absolute Gasteiger partial charge is 1.00 e. The van der Waals surface area contributed by atoms with Crippen LogP contribution in [-0.4, -0.2) is 0 Å². The second kappa shape index (κ2) is 10.4. The van der Waals surface area contributed by atoms with Crippen molar-refractivity contribution in [1.82, 2.24) is 0 Å². The van der Waals surface area contributed by atoms with E-state index in [2.05, 4.69) is 25.3 Å². The molecule has 0 amide bonds. The van der Waals surface area contributed by atoms with Crippen molar-refractivity contribution in [1.29, 1.82) is 10.5 Å². The summed E-state index contributed by atoms with van der Waals surface area (Å²) in [5.41, 5.74) is 0. The van der Waals surface area contributed by atoms with Crippen molar-refractivity contribution >= 4 is 25.3 Å². The summed E-state index contributed by atoms with van der Waals surface area (Å²) in [6.07, 6.45) is 0. The second-order valence-electron chi connectivity index (χ2n) is 0.921. The van der Waals surface area contributed by atoms with Crippen LogP contribution in [0, 0.1) is 22.7 Å². The van der Waals surface area contributed by atoms with Gasteiger partial charge in [-0.25, -0.2) is 0 Å². The van der Waals surface area contributed by atoms with E-state index in [4.69, 9.17) is 10.5 Å². The summed E-state index contributed by atoms with van der Waals surface area (Å²) in [6.45, 7) is 0. The number of hydrogen-bond donors (Lipinski definition) is 2. The molecule has 0 heterocycles. The predicted molar refractivity (Wildman–Crippen MR) is 38.4 cm³/mol. The molecule has 2 nitrogen and oxygen atoms in total. The number of nitrogens with zero attached hydrogens (tertiary/aromatic N) is 2. The first kappa shape index (κ1) is 17.5. The average Bonchev–Trinajstić information content (AvgIpc) is 1.84. The van der Waals surface area contributed by atoms with E-state index in [-0.39, 0.29) is 71.8 Å². The van der Waals surface area contributed by atoms with Crippen LogP contribution in [0.2, 0.25) is 0 Å². The number of thiol groups is 2. The van der Waals surface area contributed by atoms with Crippen molar-refractivity contribution in [3.8, 4) is 12.1 Å². The van der Waals surface area contributed by atoms with Gasteiger partial charge in [0, 0.05) is 0 Å². The molecule has 10 heavy (non-hydrogen) atoms. The summed E-state index contributed by atoms with van der Waals surface area (Å²) in [4.78, 5) is 0.103. The van der Waals surface area contributed by atoms with Crippen LogP contribution in [0.1, 0.15) is 2.85 Å². The van der Waals surface area contributed by atoms with E-state index in [0.717, 1.165) is 0 Å². The van der Waals surface area contributed by atoms with Crippen molar-refractivity contribution in [2.24, 2.45) is 0 Å². The van der Waals surface area contributed by atoms with Crippen molar-refractivity contribution in [3.05, 3.63) is 9.81 Å². The minimum Gasteiger partial charge on any atom is -1.00 e. The number of hydrogen-bond acceptors (Lipinski definition) is 4. The summed E-state index contributed by atoms with van der Waals surface area (Å²) in [5.74, 6) is 0. The largest absolute Gasteiger partial charge is 1.00 e. The van der Waals surface area contributed by atoms with Gasteiger partial charge in [-0.15, -0.1) is 25.3 Å². The molecule has 0 rings (SSSR count). The molecule has 0 spiro atoms. The average molecular weight is 190 g/mol. The Morgan fingerprint density at radius 1 is 1.00 bits per heavy atom. The van der Waals surface area contributed by atoms with Gasteiger partial charge < -0.3 is 2.85 Å². The van der Waals surface area contributed by atoms with E-state index in [1.165, 1.54) is 0 Å². The van der Waals surface area contributed by atoms with Crippen LogP contribution in [0.3, 0.4) is 0 Å². The molecular formula is C4H4N2Na2S2. The molecule has 44 valence electrons. The first-order chi connectivity index (χ1) is 3.72. The molecule has 0 aromatic carbocycles. The van der Waals surface area contributed by atoms with Crippen molar-refractivity contribution in [2.75, 3.05) is 0 Å². The summed E-state index contributed by atoms with van der Waals surface area (Å²) < 4.78 is 0. The third kappa shape index (κ3) is 7.53. The Hall–Kier alpha value is 1.42. The molecule has 0 bridgehead atoms. The Bertz CT molecular complexity index is 186. The van der Waals surface area contributed by atoms with E-state index in [9.17, 15) is 0 Å². The maximum absolute atomic E-state index is 8.05. The second-order valence-corrected chi connectivity index (χ2v) is 1.82. The van der Waals surface area contributed by atoms with Gasteiger partial charge in [-0.3, -0.25) is 0 Å². The summed E-state index contributed by atoms with van der Waals surface area (Å²) in [5, 5.41) is 16.1. The minimum absolute atomic E-state index is 0. The van der Waals surface area contributed by atoms with Crippen LogP contribution in [0.15, 0.2) is 9.81 Å². The number of nitriles is 2. The van der Waals surface area contributed by atoms with Gasteiger partial charge in [0.2, 0.25) is 0 Å². The van der Waals surface area contributed by atoms with Gasteiger partial charge in [0.1, 0.15) is 21.9 Å². The first-order valence-electron chi connectivity index (χ1n) is 1.64. The van der Waals surface area contributed by atoms with E-state index >= 15 is 0 Å². The normalized spacial score (nSPS) is 8.80. The van der Waals surface area contributed by atoms with Crippen LogP contribution >= 0.6 is 25.3 Å². The molecule has 0 aliphatic carbocycles. The molecule has 0 aliphatic rings. The van der Waals surface area contributed by atoms with E-state index in [0.29, 0.717) is 0 Å². The minimum atomic E-state index is 0. The van der Waals surface area contributed by atoms with Gasteiger partial charge in [-0.05, 0) is 0 Å². The van der Waals surface area contributed by atoms with Crippen LogP contribution in [0.25, 0.3) is 0 Å². The molecule has 0 atom stereocenters. The molecule has 0 N–H and O–H groups in total. The quantitative estimate of drug-likeness (QED) is 0.229. The molecule has 0 radical (unpaired) electrons. The van der Waals surface area contributed by atoms with Gasteiger partial charge in [0.15, 0.2) is 0 Å². The van der Waals surface area contributed by atoms with Crippen molar-refractivity contribution in [3.63, 3.8) is 0 Å². The van der Waals surface area contributed by atoms with Crippen molar-refractivity contribution < 1.29 is 62.0 Å². The maximum Gasteiger partial charge on any atom is 1.00 e. The van der Waals surface area contributed by atoms with Gasteiger partial charge in [0.05, 0.1) is 0 Å². The third-order valence-electron chi connectivity index (χ3n) is 0.436. The fraction of sp³-hybridized carbons (Fsp3) is 0. The molecule has 0 saturated heterocycles. The Kier molecular flexibility index (Phi) is 18.2. The van der Waals surface area contributed by atoms with E-state index in [1.54, 1.807) is 12.1 Å². The molecule has 6 heteroatoms. The molecule has 0 fully saturated rings. The molecule has 0 aliphatic heterocycles. The van der Waals surface area contributed by atoms with Crippen LogP contribution < -0.4 is 59.1 Å². The van der Waals surface area contributed by atoms with Gasteiger partial charge in [0.25, 0.3) is 0 Å². The van der Waals surface area contributed by atoms with Gasteiger partial charge in [-0.2, -0.15) is 10.5 Å². The standard InChI is InChI=1S/C4H2N2S2.2Na.2H/c5-1-3(7)4(8)2-6;;;;/h7-8H;;;;/q;2*+1;2*-1/b4-3-;;;;. The number of allylic oxidation sites excluding steroid dienone is 2. The van der Waals surface area contributed by atoms with E-state index < -0.39 is 0 Å². The van der Waals surface area contributed by atoms with E-state index in [1.807, 2.05) is 0 Å². The summed E-state index contributed by atoms with van der Waals surface area (Å²) in [6, 6.07) is 3.32. The zero-order chi connectivity index (χ0) is 6.57. The van der Waals surface area contributed by atoms with Gasteiger partial charge in [-0.1, -0.05) is 0 Å². The Balaban J connectivity index is -0.0000000408. The summed E-state index contributed by atoms with van der Waals surface area (Å²) >= 11 is 7.25. The van der Waals surface area contributed by atoms with Crippen LogP contribution in [-0.2, 0) is 0 Å². The molecule has 0 aromatic rings. The monoisotopic (exact) mass is 190 g/mol. The zero-order valence-electron chi connectivity index (χ0n) is 7.79. The SMILES string of the molecule is N#C/C(S)=C(/S)C#N.[H-].[H-].[Na+].[Na+].